The van der Waals surface area contributed by atoms with Crippen molar-refractivity contribution in [3.8, 4) is 0 Å². The molecule has 2 radical (unpaired) electrons. The smallest absolute Gasteiger partial charge is 0.292 e. The minimum Gasteiger partial charge on any atom is -0.292 e. The second-order valence-electron chi connectivity index (χ2n) is 1.31. The zero-order chi connectivity index (χ0) is 5.28. The number of rotatable bonds is 0. The minimum atomic E-state index is 1.39. The van der Waals surface area contributed by atoms with Gasteiger partial charge in [-0.3, -0.25) is 4.92 Å². The molecule has 0 unspecified atom stereocenters. The molecule has 0 saturated heterocycles. The van der Waals surface area contributed by atoms with E-state index in [1.807, 2.05) is 6.08 Å². The first-order valence-electron chi connectivity index (χ1n) is 1.96. The maximum Gasteiger partial charge on any atom is 0.301 e. The molecule has 1 heterocycles. The van der Waals surface area contributed by atoms with Crippen molar-refractivity contribution >= 4 is 14.7 Å². The molecule has 3 heteroatoms. The number of nitrogens with zero attached hydrogens (tertiary/aromatic N) is 2. The molecule has 1 aliphatic rings. The lowest BCUT2D eigenvalue weighted by atomic mass is 10.4. The molecular formula is C4H5BN2. The Kier molecular flexibility index (Phi) is 0.820. The largest absolute Gasteiger partial charge is 0.301 e. The maximum atomic E-state index is 5.26. The van der Waals surface area contributed by atoms with E-state index in [9.17, 15) is 0 Å². The van der Waals surface area contributed by atoms with Gasteiger partial charge in [-0.05, 0) is 6.20 Å². The van der Waals surface area contributed by atoms with Gasteiger partial charge in [0.25, 0.3) is 0 Å². The molecular weight excluding hydrogens is 86.9 g/mol. The Bertz CT molecular complexity index is 119. The van der Waals surface area contributed by atoms with Crippen LogP contribution in [0.2, 0.25) is 0 Å². The highest BCUT2D eigenvalue weighted by Crippen LogP contribution is 1.97. The van der Waals surface area contributed by atoms with Gasteiger partial charge in [-0.15, -0.1) is 0 Å². The average Bonchev–Trinajstić information content (AvgIpc) is 1.91. The van der Waals surface area contributed by atoms with E-state index in [0.717, 1.165) is 0 Å². The maximum absolute atomic E-state index is 5.26. The minimum absolute atomic E-state index is 1.39. The van der Waals surface area contributed by atoms with Gasteiger partial charge < -0.3 is 0 Å². The quantitative estimate of drug-likeness (QED) is 0.225. The molecule has 2 nitrogen and oxygen atoms in total. The van der Waals surface area contributed by atoms with Crippen LogP contribution in [0, 0.1) is 6.54 Å². The number of hydrazine groups is 1. The molecule has 0 aromatic carbocycles. The summed E-state index contributed by atoms with van der Waals surface area (Å²) in [6.07, 6.45) is 3.53. The predicted octanol–water partition coefficient (Wildman–Crippen LogP) is -0.311. The van der Waals surface area contributed by atoms with Gasteiger partial charge in [-0.2, -0.15) is 0 Å². The summed E-state index contributed by atoms with van der Waals surface area (Å²) < 4.78 is 1.53. The van der Waals surface area contributed by atoms with Crippen molar-refractivity contribution in [2.24, 2.45) is 0 Å². The standard InChI is InChI=1S/C4H5BN2/c1-6-3-2-4-7(6)5/h2-4H,1H2. The summed E-state index contributed by atoms with van der Waals surface area (Å²) in [4.78, 5) is 1.39. The number of hydrazone groups is 1. The lowest BCUT2D eigenvalue weighted by molar-refractivity contribution is -0.590. The fourth-order valence-electron chi connectivity index (χ4n) is 0.389. The third-order valence-corrected chi connectivity index (χ3v) is 0.794. The van der Waals surface area contributed by atoms with Crippen LogP contribution in [0.1, 0.15) is 0 Å². The van der Waals surface area contributed by atoms with Crippen LogP contribution in [0.15, 0.2) is 12.3 Å². The summed E-state index contributed by atoms with van der Waals surface area (Å²) in [7, 11) is 5.26. The van der Waals surface area contributed by atoms with E-state index in [2.05, 4.69) is 6.72 Å². The van der Waals surface area contributed by atoms with E-state index in [4.69, 9.17) is 7.98 Å². The van der Waals surface area contributed by atoms with Gasteiger partial charge in [0.2, 0.25) is 0 Å². The highest BCUT2D eigenvalue weighted by atomic mass is 15.5. The second-order valence-corrected chi connectivity index (χ2v) is 1.31. The van der Waals surface area contributed by atoms with Gasteiger partial charge in [0, 0.05) is 0 Å². The number of hydrogen-bond donors (Lipinski definition) is 0. The summed E-state index contributed by atoms with van der Waals surface area (Å²) in [6.45, 7) is 5.30. The zero-order valence-electron chi connectivity index (χ0n) is 3.91. The first-order chi connectivity index (χ1) is 3.30. The predicted molar refractivity (Wildman–Crippen MR) is 28.4 cm³/mol. The molecule has 0 saturated carbocycles. The molecule has 1 aliphatic heterocycles. The molecule has 1 rings (SSSR count). The lowest BCUT2D eigenvalue weighted by Gasteiger charge is -2.07. The molecule has 0 spiro atoms. The van der Waals surface area contributed by atoms with E-state index in [0.29, 0.717) is 0 Å². The summed E-state index contributed by atoms with van der Waals surface area (Å²) in [5.41, 5.74) is 0. The van der Waals surface area contributed by atoms with Gasteiger partial charge in [0.15, 0.2) is 0 Å². The first kappa shape index (κ1) is 4.31. The van der Waals surface area contributed by atoms with Crippen LogP contribution in [-0.2, 0) is 0 Å². The van der Waals surface area contributed by atoms with Gasteiger partial charge >= 0.3 is 7.98 Å². The van der Waals surface area contributed by atoms with Crippen LogP contribution in [0.3, 0.4) is 0 Å². The fourth-order valence-corrected chi connectivity index (χ4v) is 0.389. The topological polar surface area (TPSA) is 6.25 Å². The third-order valence-electron chi connectivity index (χ3n) is 0.794. The molecule has 0 atom stereocenters. The first-order valence-corrected chi connectivity index (χ1v) is 1.96. The Morgan fingerprint density at radius 2 is 2.57 bits per heavy atom. The van der Waals surface area contributed by atoms with Crippen LogP contribution in [0.4, 0.5) is 0 Å². The number of hydrogen-bond acceptors (Lipinski definition) is 1. The van der Waals surface area contributed by atoms with Gasteiger partial charge in [-0.25, -0.2) is 4.68 Å². The molecule has 0 fully saturated rings. The van der Waals surface area contributed by atoms with Crippen molar-refractivity contribution in [1.29, 1.82) is 0 Å². The van der Waals surface area contributed by atoms with Crippen molar-refractivity contribution in [3.63, 3.8) is 0 Å². The zero-order valence-corrected chi connectivity index (χ0v) is 3.91. The van der Waals surface area contributed by atoms with Crippen molar-refractivity contribution in [2.45, 2.75) is 0 Å². The highest BCUT2D eigenvalue weighted by Gasteiger charge is 1.99. The third kappa shape index (κ3) is 0.608. The van der Waals surface area contributed by atoms with Crippen molar-refractivity contribution in [1.82, 2.24) is 4.92 Å². The molecule has 0 N–H and O–H groups in total. The SMILES string of the molecule is [B]N1C=C[CH-][N+]1=C. The van der Waals surface area contributed by atoms with E-state index in [1.165, 1.54) is 9.60 Å². The summed E-state index contributed by atoms with van der Waals surface area (Å²) in [5.74, 6) is 0. The molecule has 0 aromatic rings. The van der Waals surface area contributed by atoms with Crippen molar-refractivity contribution in [3.05, 3.63) is 18.8 Å². The highest BCUT2D eigenvalue weighted by molar-refractivity contribution is 6.04. The fraction of sp³-hybridized carbons (Fsp3) is 0. The van der Waals surface area contributed by atoms with E-state index in [-0.39, 0.29) is 0 Å². The Hall–Kier alpha value is -0.855. The van der Waals surface area contributed by atoms with Crippen LogP contribution < -0.4 is 0 Å². The van der Waals surface area contributed by atoms with Crippen LogP contribution in [-0.4, -0.2) is 24.3 Å². The van der Waals surface area contributed by atoms with Crippen LogP contribution in [0.25, 0.3) is 0 Å². The van der Waals surface area contributed by atoms with Crippen LogP contribution in [0.5, 0.6) is 0 Å². The van der Waals surface area contributed by atoms with E-state index in [1.54, 1.807) is 12.7 Å². The molecule has 0 aliphatic carbocycles. The second kappa shape index (κ2) is 1.33. The van der Waals surface area contributed by atoms with E-state index < -0.39 is 0 Å². The normalized spacial score (nSPS) is 17.7. The van der Waals surface area contributed by atoms with Gasteiger partial charge in [0.1, 0.15) is 0 Å². The molecule has 0 amide bonds. The molecule has 7 heavy (non-hydrogen) atoms. The Labute approximate surface area is 44.1 Å². The van der Waals surface area contributed by atoms with Gasteiger partial charge in [-0.1, -0.05) is 6.08 Å². The van der Waals surface area contributed by atoms with Crippen molar-refractivity contribution in [2.75, 3.05) is 0 Å². The average molecular weight is 91.9 g/mol. The summed E-state index contributed by atoms with van der Waals surface area (Å²) in [6, 6.07) is 0. The Balaban J connectivity index is 2.62. The summed E-state index contributed by atoms with van der Waals surface area (Å²) >= 11 is 0. The Morgan fingerprint density at radius 1 is 1.86 bits per heavy atom. The molecule has 34 valence electrons. The van der Waals surface area contributed by atoms with Crippen LogP contribution >= 0.6 is 0 Å². The summed E-state index contributed by atoms with van der Waals surface area (Å²) in [5, 5.41) is 0. The van der Waals surface area contributed by atoms with E-state index >= 15 is 0 Å². The molecule has 0 bridgehead atoms. The lowest BCUT2D eigenvalue weighted by Crippen LogP contribution is -2.18. The Morgan fingerprint density at radius 3 is 2.71 bits per heavy atom. The van der Waals surface area contributed by atoms with Crippen molar-refractivity contribution < 1.29 is 4.68 Å². The molecule has 0 aromatic heterocycles. The van der Waals surface area contributed by atoms with Gasteiger partial charge in [0.05, 0.1) is 13.3 Å². The monoisotopic (exact) mass is 92.1 g/mol.